The highest BCUT2D eigenvalue weighted by molar-refractivity contribution is 8.13. The Balaban J connectivity index is 1.82. The molecule has 3 heteroatoms. The number of nitrogens with zero attached hydrogens (tertiary/aromatic N) is 1. The molecule has 16 heavy (non-hydrogen) atoms. The average molecular weight is 240 g/mol. The van der Waals surface area contributed by atoms with Gasteiger partial charge in [0.2, 0.25) is 0 Å². The summed E-state index contributed by atoms with van der Waals surface area (Å²) in [6, 6.07) is 0.632. The topological polar surface area (TPSA) is 24.4 Å². The lowest BCUT2D eigenvalue weighted by atomic mass is 10.0. The van der Waals surface area contributed by atoms with Crippen molar-refractivity contribution in [1.29, 1.82) is 0 Å². The van der Waals surface area contributed by atoms with E-state index in [-0.39, 0.29) is 0 Å². The fraction of sp³-hybridized carbons (Fsp3) is 0.923. The summed E-state index contributed by atoms with van der Waals surface area (Å²) in [7, 11) is 0. The molecular weight excluding hydrogens is 216 g/mol. The quantitative estimate of drug-likeness (QED) is 0.819. The van der Waals surface area contributed by atoms with Crippen LogP contribution in [0.4, 0.5) is 0 Å². The Bertz CT molecular complexity index is 284. The van der Waals surface area contributed by atoms with Crippen LogP contribution in [0.25, 0.3) is 0 Å². The van der Waals surface area contributed by atoms with Crippen LogP contribution in [-0.4, -0.2) is 23.5 Å². The van der Waals surface area contributed by atoms with Gasteiger partial charge in [-0.15, -0.1) is 0 Å². The Morgan fingerprint density at radius 1 is 1.50 bits per heavy atom. The first-order valence-corrected chi connectivity index (χ1v) is 7.41. The minimum atomic E-state index is 0.556. The zero-order valence-corrected chi connectivity index (χ0v) is 11.7. The van der Waals surface area contributed by atoms with Gasteiger partial charge in [-0.3, -0.25) is 4.99 Å². The van der Waals surface area contributed by atoms with Crippen molar-refractivity contribution in [2.45, 2.75) is 46.6 Å². The van der Waals surface area contributed by atoms with E-state index in [1.165, 1.54) is 23.8 Å². The van der Waals surface area contributed by atoms with Gasteiger partial charge >= 0.3 is 0 Å². The second-order valence-corrected chi connectivity index (χ2v) is 7.25. The van der Waals surface area contributed by atoms with Crippen molar-refractivity contribution in [2.24, 2.45) is 22.2 Å². The highest BCUT2D eigenvalue weighted by Crippen LogP contribution is 2.51. The molecule has 2 atom stereocenters. The molecule has 2 unspecified atom stereocenters. The van der Waals surface area contributed by atoms with Gasteiger partial charge in [-0.1, -0.05) is 39.5 Å². The van der Waals surface area contributed by atoms with E-state index < -0.39 is 0 Å². The molecule has 0 spiro atoms. The molecule has 1 heterocycles. The lowest BCUT2D eigenvalue weighted by Crippen LogP contribution is -2.41. The number of aliphatic imine (C=N–C) groups is 1. The first-order valence-electron chi connectivity index (χ1n) is 6.43. The molecule has 2 nitrogen and oxygen atoms in total. The first-order chi connectivity index (χ1) is 7.49. The zero-order valence-electron chi connectivity index (χ0n) is 10.9. The van der Waals surface area contributed by atoms with Crippen molar-refractivity contribution in [1.82, 2.24) is 5.32 Å². The highest BCUT2D eigenvalue weighted by atomic mass is 32.2. The molecule has 0 aromatic rings. The standard InChI is InChI=1S/C13H24N2S/c1-9(2)11-5-6-16-12(15-11)14-8-10-7-13(10,3)4/h9-11H,5-8H2,1-4H3,(H,14,15). The molecule has 2 aliphatic rings. The molecule has 0 aromatic heterocycles. The second-order valence-electron chi connectivity index (χ2n) is 6.17. The predicted octanol–water partition coefficient (Wildman–Crippen LogP) is 3.14. The maximum absolute atomic E-state index is 4.74. The SMILES string of the molecule is CC(C)C1CCSC(=NCC2CC2(C)C)N1. The van der Waals surface area contributed by atoms with Crippen molar-refractivity contribution in [2.75, 3.05) is 12.3 Å². The van der Waals surface area contributed by atoms with Crippen LogP contribution in [0.15, 0.2) is 4.99 Å². The Morgan fingerprint density at radius 3 is 2.75 bits per heavy atom. The molecule has 0 bridgehead atoms. The number of hydrogen-bond acceptors (Lipinski definition) is 2. The van der Waals surface area contributed by atoms with Crippen LogP contribution < -0.4 is 5.32 Å². The van der Waals surface area contributed by atoms with Crippen LogP contribution in [0, 0.1) is 17.3 Å². The Kier molecular flexibility index (Phi) is 3.53. The van der Waals surface area contributed by atoms with Crippen molar-refractivity contribution in [3.8, 4) is 0 Å². The summed E-state index contributed by atoms with van der Waals surface area (Å²) in [6.45, 7) is 10.3. The third-order valence-electron chi connectivity index (χ3n) is 3.95. The molecule has 1 saturated carbocycles. The first kappa shape index (κ1) is 12.3. The van der Waals surface area contributed by atoms with Gasteiger partial charge in [0, 0.05) is 18.3 Å². The number of nitrogens with one attached hydrogen (secondary N) is 1. The Morgan fingerprint density at radius 2 is 2.19 bits per heavy atom. The van der Waals surface area contributed by atoms with E-state index in [9.17, 15) is 0 Å². The van der Waals surface area contributed by atoms with Gasteiger partial charge in [0.05, 0.1) is 0 Å². The van der Waals surface area contributed by atoms with Gasteiger partial charge in [-0.2, -0.15) is 0 Å². The lowest BCUT2D eigenvalue weighted by Gasteiger charge is -2.28. The zero-order chi connectivity index (χ0) is 11.8. The summed E-state index contributed by atoms with van der Waals surface area (Å²) in [4.78, 5) is 4.74. The minimum absolute atomic E-state index is 0.556. The predicted molar refractivity (Wildman–Crippen MR) is 73.0 cm³/mol. The van der Waals surface area contributed by atoms with Gasteiger partial charge in [-0.25, -0.2) is 0 Å². The molecule has 1 aliphatic carbocycles. The highest BCUT2D eigenvalue weighted by Gasteiger charge is 2.45. The van der Waals surface area contributed by atoms with Gasteiger partial charge in [0.15, 0.2) is 5.17 Å². The molecule has 1 saturated heterocycles. The Hall–Kier alpha value is -0.180. The van der Waals surface area contributed by atoms with Crippen LogP contribution in [0.1, 0.15) is 40.5 Å². The van der Waals surface area contributed by atoms with Gasteiger partial charge < -0.3 is 5.32 Å². The Labute approximate surface area is 104 Å². The van der Waals surface area contributed by atoms with Crippen LogP contribution >= 0.6 is 11.8 Å². The molecule has 2 rings (SSSR count). The largest absolute Gasteiger partial charge is 0.362 e. The smallest absolute Gasteiger partial charge is 0.156 e. The summed E-state index contributed by atoms with van der Waals surface area (Å²) < 4.78 is 0. The maximum atomic E-state index is 4.74. The molecule has 2 fully saturated rings. The molecule has 1 aliphatic heterocycles. The van der Waals surface area contributed by atoms with Crippen LogP contribution in [0.3, 0.4) is 0 Å². The molecular formula is C13H24N2S. The maximum Gasteiger partial charge on any atom is 0.156 e. The van der Waals surface area contributed by atoms with E-state index in [4.69, 9.17) is 4.99 Å². The molecule has 0 amide bonds. The molecule has 0 aromatic carbocycles. The molecule has 92 valence electrons. The van der Waals surface area contributed by atoms with E-state index in [1.807, 2.05) is 11.8 Å². The van der Waals surface area contributed by atoms with Crippen LogP contribution in [0.5, 0.6) is 0 Å². The number of hydrogen-bond donors (Lipinski definition) is 1. The minimum Gasteiger partial charge on any atom is -0.362 e. The fourth-order valence-electron chi connectivity index (χ4n) is 2.23. The monoisotopic (exact) mass is 240 g/mol. The van der Waals surface area contributed by atoms with Crippen molar-refractivity contribution in [3.05, 3.63) is 0 Å². The third kappa shape index (κ3) is 2.93. The second kappa shape index (κ2) is 4.59. The van der Waals surface area contributed by atoms with Gasteiger partial charge in [0.1, 0.15) is 0 Å². The summed E-state index contributed by atoms with van der Waals surface area (Å²) in [5.74, 6) is 2.76. The summed E-state index contributed by atoms with van der Waals surface area (Å²) in [6.07, 6.45) is 2.62. The normalized spacial score (nSPS) is 35.2. The van der Waals surface area contributed by atoms with E-state index in [0.717, 1.165) is 12.5 Å². The van der Waals surface area contributed by atoms with Crippen LogP contribution in [0.2, 0.25) is 0 Å². The fourth-order valence-corrected chi connectivity index (χ4v) is 3.19. The van der Waals surface area contributed by atoms with E-state index in [1.54, 1.807) is 0 Å². The summed E-state index contributed by atoms with van der Waals surface area (Å²) in [5, 5.41) is 4.76. The van der Waals surface area contributed by atoms with Crippen molar-refractivity contribution >= 4 is 16.9 Å². The van der Waals surface area contributed by atoms with Crippen molar-refractivity contribution < 1.29 is 0 Å². The number of amidine groups is 1. The lowest BCUT2D eigenvalue weighted by molar-refractivity contribution is 0.442. The van der Waals surface area contributed by atoms with Gasteiger partial charge in [0.25, 0.3) is 0 Å². The molecule has 0 radical (unpaired) electrons. The van der Waals surface area contributed by atoms with Gasteiger partial charge in [-0.05, 0) is 30.1 Å². The van der Waals surface area contributed by atoms with E-state index in [0.29, 0.717) is 17.4 Å². The van der Waals surface area contributed by atoms with Crippen LogP contribution in [-0.2, 0) is 0 Å². The third-order valence-corrected chi connectivity index (χ3v) is 4.91. The summed E-state index contributed by atoms with van der Waals surface area (Å²) >= 11 is 1.89. The summed E-state index contributed by atoms with van der Waals surface area (Å²) in [5.41, 5.74) is 0.556. The van der Waals surface area contributed by atoms with E-state index >= 15 is 0 Å². The number of rotatable bonds is 3. The molecule has 1 N–H and O–H groups in total. The number of thioether (sulfide) groups is 1. The average Bonchev–Trinajstić information content (AvgIpc) is 2.84. The van der Waals surface area contributed by atoms with Crippen molar-refractivity contribution in [3.63, 3.8) is 0 Å². The van der Waals surface area contributed by atoms with E-state index in [2.05, 4.69) is 33.0 Å².